The van der Waals surface area contributed by atoms with E-state index in [4.69, 9.17) is 9.47 Å². The Morgan fingerprint density at radius 3 is 2.33 bits per heavy atom. The van der Waals surface area contributed by atoms with E-state index in [9.17, 15) is 14.4 Å². The number of benzene rings is 2. The van der Waals surface area contributed by atoms with E-state index in [-0.39, 0.29) is 17.7 Å². The van der Waals surface area contributed by atoms with Gasteiger partial charge in [0.2, 0.25) is 0 Å². The molecule has 27 heavy (non-hydrogen) atoms. The molecule has 3 aromatic rings. The number of fused-ring (bicyclic) bond motifs is 1. The second kappa shape index (κ2) is 8.01. The van der Waals surface area contributed by atoms with Crippen molar-refractivity contribution in [3.63, 3.8) is 0 Å². The van der Waals surface area contributed by atoms with Crippen LogP contribution < -0.4 is 5.32 Å². The molecule has 0 saturated heterocycles. The lowest BCUT2D eigenvalue weighted by molar-refractivity contribution is 0.0529. The highest BCUT2D eigenvalue weighted by Crippen LogP contribution is 2.36. The second-order valence-corrected chi connectivity index (χ2v) is 6.57. The largest absolute Gasteiger partial charge is 0.465 e. The third-order valence-corrected chi connectivity index (χ3v) is 4.97. The van der Waals surface area contributed by atoms with Gasteiger partial charge in [-0.05, 0) is 25.1 Å². The predicted octanol–water partition coefficient (Wildman–Crippen LogP) is 4.12. The SMILES string of the molecule is CCOC(=O)c1c(NC(=O)c2ccccc2C(=O)OC)sc2ccccc12. The number of anilines is 1. The molecule has 0 aliphatic heterocycles. The molecule has 0 aliphatic carbocycles. The summed E-state index contributed by atoms with van der Waals surface area (Å²) in [6.07, 6.45) is 0. The van der Waals surface area contributed by atoms with Crippen molar-refractivity contribution in [2.45, 2.75) is 6.92 Å². The number of hydrogen-bond donors (Lipinski definition) is 1. The lowest BCUT2D eigenvalue weighted by Gasteiger charge is -2.09. The number of carbonyl (C=O) groups excluding carboxylic acids is 3. The van der Waals surface area contributed by atoms with Crippen molar-refractivity contribution >= 4 is 44.3 Å². The monoisotopic (exact) mass is 383 g/mol. The molecule has 138 valence electrons. The fraction of sp³-hybridized carbons (Fsp3) is 0.150. The average molecular weight is 383 g/mol. The molecule has 0 bridgehead atoms. The van der Waals surface area contributed by atoms with E-state index >= 15 is 0 Å². The van der Waals surface area contributed by atoms with Crippen LogP contribution in [0.5, 0.6) is 0 Å². The van der Waals surface area contributed by atoms with Gasteiger partial charge >= 0.3 is 11.9 Å². The molecule has 1 heterocycles. The number of hydrogen-bond acceptors (Lipinski definition) is 6. The molecule has 3 rings (SSSR count). The topological polar surface area (TPSA) is 81.7 Å². The number of carbonyl (C=O) groups is 3. The van der Waals surface area contributed by atoms with Crippen LogP contribution in [0.1, 0.15) is 38.0 Å². The summed E-state index contributed by atoms with van der Waals surface area (Å²) in [4.78, 5) is 37.2. The Morgan fingerprint density at radius 1 is 0.963 bits per heavy atom. The second-order valence-electron chi connectivity index (χ2n) is 5.51. The van der Waals surface area contributed by atoms with Gasteiger partial charge in [-0.2, -0.15) is 0 Å². The first-order valence-electron chi connectivity index (χ1n) is 8.24. The maximum Gasteiger partial charge on any atom is 0.341 e. The minimum Gasteiger partial charge on any atom is -0.465 e. The van der Waals surface area contributed by atoms with Crippen molar-refractivity contribution in [2.24, 2.45) is 0 Å². The standard InChI is InChI=1S/C20H17NO5S/c1-3-26-20(24)16-14-10-6-7-11-15(14)27-18(16)21-17(22)12-8-4-5-9-13(12)19(23)25-2/h4-11H,3H2,1-2H3,(H,21,22). The van der Waals surface area contributed by atoms with Crippen LogP contribution in [0.2, 0.25) is 0 Å². The molecule has 0 spiro atoms. The maximum atomic E-state index is 12.8. The summed E-state index contributed by atoms with van der Waals surface area (Å²) in [5.41, 5.74) is 0.620. The summed E-state index contributed by atoms with van der Waals surface area (Å²) in [5.74, 6) is -1.62. The van der Waals surface area contributed by atoms with Crippen LogP contribution in [-0.2, 0) is 9.47 Å². The molecule has 1 amide bonds. The van der Waals surface area contributed by atoms with Crippen molar-refractivity contribution < 1.29 is 23.9 Å². The number of ether oxygens (including phenoxy) is 2. The molecular weight excluding hydrogens is 366 g/mol. The van der Waals surface area contributed by atoms with Gasteiger partial charge in [-0.15, -0.1) is 11.3 Å². The summed E-state index contributed by atoms with van der Waals surface area (Å²) in [7, 11) is 1.25. The average Bonchev–Trinajstić information content (AvgIpc) is 3.05. The molecule has 0 saturated carbocycles. The number of rotatable bonds is 5. The Bertz CT molecular complexity index is 1020. The van der Waals surface area contributed by atoms with Gasteiger partial charge < -0.3 is 14.8 Å². The molecule has 0 atom stereocenters. The number of amides is 1. The third-order valence-electron chi connectivity index (χ3n) is 3.88. The Balaban J connectivity index is 2.02. The molecule has 0 fully saturated rings. The number of thiophene rings is 1. The normalized spacial score (nSPS) is 10.4. The number of nitrogens with one attached hydrogen (secondary N) is 1. The molecule has 7 heteroatoms. The highest BCUT2D eigenvalue weighted by atomic mass is 32.1. The van der Waals surface area contributed by atoms with Crippen LogP contribution in [-0.4, -0.2) is 31.6 Å². The first-order valence-corrected chi connectivity index (χ1v) is 9.05. The summed E-state index contributed by atoms with van der Waals surface area (Å²) < 4.78 is 10.7. The summed E-state index contributed by atoms with van der Waals surface area (Å²) in [6, 6.07) is 13.7. The molecular formula is C20H17NO5S. The van der Waals surface area contributed by atoms with Gasteiger partial charge in [0.1, 0.15) is 10.6 Å². The third kappa shape index (κ3) is 3.68. The number of esters is 2. The summed E-state index contributed by atoms with van der Waals surface area (Å²) in [5, 5.41) is 3.83. The van der Waals surface area contributed by atoms with Gasteiger partial charge in [-0.1, -0.05) is 30.3 Å². The first kappa shape index (κ1) is 18.6. The fourth-order valence-electron chi connectivity index (χ4n) is 2.68. The molecule has 1 N–H and O–H groups in total. The van der Waals surface area contributed by atoms with E-state index in [1.54, 1.807) is 25.1 Å². The highest BCUT2D eigenvalue weighted by Gasteiger charge is 2.23. The highest BCUT2D eigenvalue weighted by molar-refractivity contribution is 7.23. The van der Waals surface area contributed by atoms with E-state index in [1.807, 2.05) is 18.2 Å². The molecule has 2 aromatic carbocycles. The van der Waals surface area contributed by atoms with E-state index in [0.29, 0.717) is 16.0 Å². The van der Waals surface area contributed by atoms with E-state index in [1.165, 1.54) is 30.6 Å². The van der Waals surface area contributed by atoms with Crippen LogP contribution in [0.3, 0.4) is 0 Å². The van der Waals surface area contributed by atoms with Crippen molar-refractivity contribution in [3.8, 4) is 0 Å². The zero-order chi connectivity index (χ0) is 19.4. The quantitative estimate of drug-likeness (QED) is 0.671. The zero-order valence-electron chi connectivity index (χ0n) is 14.8. The maximum absolute atomic E-state index is 12.8. The van der Waals surface area contributed by atoms with Crippen molar-refractivity contribution in [2.75, 3.05) is 19.0 Å². The fourth-order valence-corrected chi connectivity index (χ4v) is 3.76. The molecule has 1 aromatic heterocycles. The Hall–Kier alpha value is -3.19. The minimum atomic E-state index is -0.609. The Kier molecular flexibility index (Phi) is 5.52. The van der Waals surface area contributed by atoms with Crippen LogP contribution >= 0.6 is 11.3 Å². The van der Waals surface area contributed by atoms with E-state index < -0.39 is 17.8 Å². The van der Waals surface area contributed by atoms with E-state index in [0.717, 1.165) is 4.70 Å². The van der Waals surface area contributed by atoms with Gasteiger partial charge in [0.25, 0.3) is 5.91 Å². The van der Waals surface area contributed by atoms with Gasteiger partial charge in [0.15, 0.2) is 0 Å². The zero-order valence-corrected chi connectivity index (χ0v) is 15.6. The van der Waals surface area contributed by atoms with Crippen molar-refractivity contribution in [1.29, 1.82) is 0 Å². The van der Waals surface area contributed by atoms with Crippen molar-refractivity contribution in [3.05, 3.63) is 65.2 Å². The van der Waals surface area contributed by atoms with Crippen LogP contribution in [0.4, 0.5) is 5.00 Å². The predicted molar refractivity (Wildman–Crippen MR) is 104 cm³/mol. The van der Waals surface area contributed by atoms with Crippen LogP contribution in [0.25, 0.3) is 10.1 Å². The summed E-state index contributed by atoms with van der Waals surface area (Å²) in [6.45, 7) is 1.94. The molecule has 0 radical (unpaired) electrons. The molecule has 0 unspecified atom stereocenters. The van der Waals surface area contributed by atoms with Crippen LogP contribution in [0.15, 0.2) is 48.5 Å². The smallest absolute Gasteiger partial charge is 0.341 e. The summed E-state index contributed by atoms with van der Waals surface area (Å²) >= 11 is 1.27. The van der Waals surface area contributed by atoms with Gasteiger partial charge in [-0.3, -0.25) is 4.79 Å². The number of methoxy groups -OCH3 is 1. The molecule has 6 nitrogen and oxygen atoms in total. The van der Waals surface area contributed by atoms with Gasteiger partial charge in [0, 0.05) is 10.1 Å². The minimum absolute atomic E-state index is 0.149. The Morgan fingerprint density at radius 2 is 1.63 bits per heavy atom. The van der Waals surface area contributed by atoms with Crippen LogP contribution in [0, 0.1) is 0 Å². The van der Waals surface area contributed by atoms with Gasteiger partial charge in [0.05, 0.1) is 24.8 Å². The first-order chi connectivity index (χ1) is 13.1. The lowest BCUT2D eigenvalue weighted by Crippen LogP contribution is -2.18. The van der Waals surface area contributed by atoms with Gasteiger partial charge in [-0.25, -0.2) is 9.59 Å². The molecule has 0 aliphatic rings. The lowest BCUT2D eigenvalue weighted by atomic mass is 10.1. The van der Waals surface area contributed by atoms with E-state index in [2.05, 4.69) is 5.32 Å². The van der Waals surface area contributed by atoms with Crippen molar-refractivity contribution in [1.82, 2.24) is 0 Å². The Labute approximate surface area is 159 Å².